The van der Waals surface area contributed by atoms with E-state index >= 15 is 0 Å². The van der Waals surface area contributed by atoms with E-state index in [0.29, 0.717) is 22.1 Å². The summed E-state index contributed by atoms with van der Waals surface area (Å²) >= 11 is 7.37. The summed E-state index contributed by atoms with van der Waals surface area (Å²) in [7, 11) is 0. The van der Waals surface area contributed by atoms with E-state index in [0.717, 1.165) is 5.56 Å². The average molecular weight is 271 g/mol. The van der Waals surface area contributed by atoms with Gasteiger partial charge in [0.05, 0.1) is 11.6 Å². The Bertz CT molecular complexity index is 459. The van der Waals surface area contributed by atoms with Gasteiger partial charge in [0.15, 0.2) is 0 Å². The van der Waals surface area contributed by atoms with Gasteiger partial charge in [-0.15, -0.1) is 0 Å². The van der Waals surface area contributed by atoms with Crippen molar-refractivity contribution in [2.75, 3.05) is 5.75 Å². The molecule has 6 heteroatoms. The predicted octanol–water partition coefficient (Wildman–Crippen LogP) is 1.86. The van der Waals surface area contributed by atoms with Gasteiger partial charge in [0.1, 0.15) is 6.04 Å². The zero-order valence-corrected chi connectivity index (χ0v) is 10.5. The van der Waals surface area contributed by atoms with Gasteiger partial charge in [-0.25, -0.2) is 0 Å². The number of thioether (sulfide) groups is 1. The van der Waals surface area contributed by atoms with E-state index in [2.05, 4.69) is 0 Å². The third-order valence-corrected chi connectivity index (χ3v) is 3.52. The number of carbonyl (C=O) groups is 1. The van der Waals surface area contributed by atoms with Crippen molar-refractivity contribution in [2.45, 2.75) is 11.8 Å². The van der Waals surface area contributed by atoms with Crippen molar-refractivity contribution < 1.29 is 9.90 Å². The standard InChI is InChI=1S/C11H11ClN2O2S/c12-9-3-7(4-13)1-2-8(9)5-17-6-10(14)11(15)16/h1-3,10H,5-6,14H2,(H,15,16). The molecule has 0 aliphatic rings. The van der Waals surface area contributed by atoms with Gasteiger partial charge in [-0.05, 0) is 17.7 Å². The first-order valence-electron chi connectivity index (χ1n) is 4.79. The van der Waals surface area contributed by atoms with E-state index in [4.69, 9.17) is 27.7 Å². The molecule has 1 unspecified atom stereocenters. The molecule has 4 nitrogen and oxygen atoms in total. The molecule has 0 heterocycles. The molecule has 0 radical (unpaired) electrons. The molecular weight excluding hydrogens is 260 g/mol. The molecule has 90 valence electrons. The molecule has 0 spiro atoms. The molecule has 0 aliphatic carbocycles. The Balaban J connectivity index is 2.53. The summed E-state index contributed by atoms with van der Waals surface area (Å²) in [6, 6.07) is 6.17. The lowest BCUT2D eigenvalue weighted by molar-refractivity contribution is -0.137. The van der Waals surface area contributed by atoms with Crippen molar-refractivity contribution in [3.63, 3.8) is 0 Å². The molecule has 0 bridgehead atoms. The highest BCUT2D eigenvalue weighted by Crippen LogP contribution is 2.22. The van der Waals surface area contributed by atoms with E-state index in [1.54, 1.807) is 18.2 Å². The first kappa shape index (κ1) is 13.8. The minimum Gasteiger partial charge on any atom is -0.480 e. The van der Waals surface area contributed by atoms with E-state index in [1.165, 1.54) is 11.8 Å². The number of aliphatic carboxylic acids is 1. The number of nitrogens with zero attached hydrogens (tertiary/aromatic N) is 1. The minimum atomic E-state index is -1.01. The van der Waals surface area contributed by atoms with Crippen molar-refractivity contribution >= 4 is 29.3 Å². The fourth-order valence-electron chi connectivity index (χ4n) is 1.10. The highest BCUT2D eigenvalue weighted by Gasteiger charge is 2.11. The predicted molar refractivity (Wildman–Crippen MR) is 67.9 cm³/mol. The quantitative estimate of drug-likeness (QED) is 0.853. The van der Waals surface area contributed by atoms with Crippen LogP contribution in [0.5, 0.6) is 0 Å². The van der Waals surface area contributed by atoms with Gasteiger partial charge in [0.25, 0.3) is 0 Å². The fourth-order valence-corrected chi connectivity index (χ4v) is 2.41. The zero-order valence-electron chi connectivity index (χ0n) is 8.89. The number of nitriles is 1. The molecule has 0 amide bonds. The Morgan fingerprint density at radius 2 is 2.35 bits per heavy atom. The maximum atomic E-state index is 10.5. The molecular formula is C11H11ClN2O2S. The Morgan fingerprint density at radius 1 is 1.65 bits per heavy atom. The number of halogens is 1. The molecule has 1 aromatic carbocycles. The first-order chi connectivity index (χ1) is 8.04. The average Bonchev–Trinajstić information content (AvgIpc) is 2.30. The molecule has 0 saturated heterocycles. The summed E-state index contributed by atoms with van der Waals surface area (Å²) in [6.07, 6.45) is 0. The van der Waals surface area contributed by atoms with Crippen molar-refractivity contribution in [1.29, 1.82) is 5.26 Å². The molecule has 1 atom stereocenters. The topological polar surface area (TPSA) is 87.1 Å². The van der Waals surface area contributed by atoms with Crippen LogP contribution < -0.4 is 5.73 Å². The monoisotopic (exact) mass is 270 g/mol. The van der Waals surface area contributed by atoms with Crippen LogP contribution in [0.2, 0.25) is 5.02 Å². The van der Waals surface area contributed by atoms with E-state index < -0.39 is 12.0 Å². The smallest absolute Gasteiger partial charge is 0.321 e. The maximum absolute atomic E-state index is 10.5. The van der Waals surface area contributed by atoms with Crippen molar-refractivity contribution in [2.24, 2.45) is 5.73 Å². The van der Waals surface area contributed by atoms with Crippen LogP contribution in [0.25, 0.3) is 0 Å². The molecule has 1 aromatic rings. The number of hydrogen-bond donors (Lipinski definition) is 2. The summed E-state index contributed by atoms with van der Waals surface area (Å²) in [4.78, 5) is 10.5. The van der Waals surface area contributed by atoms with Crippen LogP contribution in [0.15, 0.2) is 18.2 Å². The largest absolute Gasteiger partial charge is 0.480 e. The lowest BCUT2D eigenvalue weighted by Crippen LogP contribution is -2.32. The van der Waals surface area contributed by atoms with Gasteiger partial charge in [-0.3, -0.25) is 4.79 Å². The number of rotatable bonds is 5. The summed E-state index contributed by atoms with van der Waals surface area (Å²) in [6.45, 7) is 0. The molecule has 0 aliphatic heterocycles. The van der Waals surface area contributed by atoms with Gasteiger partial charge in [-0.2, -0.15) is 17.0 Å². The Morgan fingerprint density at radius 3 is 2.88 bits per heavy atom. The van der Waals surface area contributed by atoms with Gasteiger partial charge < -0.3 is 10.8 Å². The third-order valence-electron chi connectivity index (χ3n) is 2.05. The summed E-state index contributed by atoms with van der Waals surface area (Å²) in [5.74, 6) is -0.111. The minimum absolute atomic E-state index is 0.325. The zero-order chi connectivity index (χ0) is 12.8. The van der Waals surface area contributed by atoms with Gasteiger partial charge >= 0.3 is 5.97 Å². The number of carboxylic acids is 1. The number of nitrogens with two attached hydrogens (primary N) is 1. The SMILES string of the molecule is N#Cc1ccc(CSCC(N)C(=O)O)c(Cl)c1. The van der Waals surface area contributed by atoms with Crippen molar-refractivity contribution in [1.82, 2.24) is 0 Å². The highest BCUT2D eigenvalue weighted by atomic mass is 35.5. The second kappa shape index (κ2) is 6.50. The van der Waals surface area contributed by atoms with Crippen molar-refractivity contribution in [3.8, 4) is 6.07 Å². The van der Waals surface area contributed by atoms with Crippen LogP contribution in [0.3, 0.4) is 0 Å². The molecule has 0 fully saturated rings. The number of carboxylic acid groups (broad SMARTS) is 1. The Labute approximate surface area is 108 Å². The van der Waals surface area contributed by atoms with Crippen LogP contribution in [0.4, 0.5) is 0 Å². The van der Waals surface area contributed by atoms with Crippen LogP contribution in [-0.2, 0) is 10.5 Å². The summed E-state index contributed by atoms with van der Waals surface area (Å²) in [5.41, 5.74) is 6.74. The molecule has 3 N–H and O–H groups in total. The van der Waals surface area contributed by atoms with Crippen LogP contribution in [0, 0.1) is 11.3 Å². The van der Waals surface area contributed by atoms with Crippen LogP contribution in [-0.4, -0.2) is 22.9 Å². The lowest BCUT2D eigenvalue weighted by atomic mass is 10.2. The maximum Gasteiger partial charge on any atom is 0.321 e. The summed E-state index contributed by atoms with van der Waals surface area (Å²) < 4.78 is 0. The molecule has 1 rings (SSSR count). The number of hydrogen-bond acceptors (Lipinski definition) is 4. The first-order valence-corrected chi connectivity index (χ1v) is 6.32. The highest BCUT2D eigenvalue weighted by molar-refractivity contribution is 7.98. The Kier molecular flexibility index (Phi) is 5.29. The van der Waals surface area contributed by atoms with Gasteiger partial charge in [-0.1, -0.05) is 17.7 Å². The second-order valence-electron chi connectivity index (χ2n) is 3.38. The van der Waals surface area contributed by atoms with Crippen LogP contribution >= 0.6 is 23.4 Å². The number of benzene rings is 1. The molecule has 0 aromatic heterocycles. The molecule has 17 heavy (non-hydrogen) atoms. The summed E-state index contributed by atoms with van der Waals surface area (Å²) in [5, 5.41) is 17.8. The molecule has 0 saturated carbocycles. The van der Waals surface area contributed by atoms with E-state index in [1.807, 2.05) is 6.07 Å². The third kappa shape index (κ3) is 4.27. The van der Waals surface area contributed by atoms with E-state index in [9.17, 15) is 4.79 Å². The second-order valence-corrected chi connectivity index (χ2v) is 4.82. The van der Waals surface area contributed by atoms with Crippen molar-refractivity contribution in [3.05, 3.63) is 34.3 Å². The Hall–Kier alpha value is -1.22. The van der Waals surface area contributed by atoms with Crippen LogP contribution in [0.1, 0.15) is 11.1 Å². The van der Waals surface area contributed by atoms with E-state index in [-0.39, 0.29) is 0 Å². The fraction of sp³-hybridized carbons (Fsp3) is 0.273. The van der Waals surface area contributed by atoms with Gasteiger partial charge in [0, 0.05) is 16.5 Å². The van der Waals surface area contributed by atoms with Gasteiger partial charge in [0.2, 0.25) is 0 Å². The lowest BCUT2D eigenvalue weighted by Gasteiger charge is -2.07. The normalized spacial score (nSPS) is 11.8.